The van der Waals surface area contributed by atoms with E-state index in [9.17, 15) is 14.7 Å². The Morgan fingerprint density at radius 3 is 2.41 bits per heavy atom. The summed E-state index contributed by atoms with van der Waals surface area (Å²) in [5.74, 6) is -1.39. The normalized spacial score (nSPS) is 15.4. The lowest BCUT2D eigenvalue weighted by atomic mass is 10.2. The van der Waals surface area contributed by atoms with Gasteiger partial charge in [-0.25, -0.2) is 4.79 Å². The molecule has 0 heterocycles. The molecule has 0 aliphatic heterocycles. The van der Waals surface area contributed by atoms with Crippen LogP contribution in [0.5, 0.6) is 0 Å². The molecule has 11 heteroatoms. The summed E-state index contributed by atoms with van der Waals surface area (Å²) in [6, 6.07) is 0. The van der Waals surface area contributed by atoms with Gasteiger partial charge < -0.3 is 28.8 Å². The van der Waals surface area contributed by atoms with Gasteiger partial charge in [-0.1, -0.05) is 34.8 Å². The number of hydrogen-bond acceptors (Lipinski definition) is 8. The van der Waals surface area contributed by atoms with Crippen LogP contribution in [0, 0.1) is 0 Å². The molecular weight excluding hydrogens is 427 g/mol. The zero-order chi connectivity index (χ0) is 20.9. The molecule has 0 aliphatic rings. The van der Waals surface area contributed by atoms with Crippen molar-refractivity contribution in [3.8, 4) is 0 Å². The summed E-state index contributed by atoms with van der Waals surface area (Å²) in [5, 5.41) is 9.65. The molecule has 0 spiro atoms. The maximum atomic E-state index is 11.8. The summed E-state index contributed by atoms with van der Waals surface area (Å²) in [4.78, 5) is 23.3. The highest BCUT2D eigenvalue weighted by Gasteiger charge is 2.23. The van der Waals surface area contributed by atoms with Crippen LogP contribution in [0.15, 0.2) is 12.2 Å². The van der Waals surface area contributed by atoms with Crippen molar-refractivity contribution in [1.82, 2.24) is 0 Å². The molecular formula is C16H25Cl3O8. The zero-order valence-corrected chi connectivity index (χ0v) is 17.6. The first kappa shape index (κ1) is 26.4. The molecule has 27 heavy (non-hydrogen) atoms. The van der Waals surface area contributed by atoms with Crippen LogP contribution in [-0.4, -0.2) is 72.9 Å². The van der Waals surface area contributed by atoms with Crippen molar-refractivity contribution >= 4 is 46.7 Å². The van der Waals surface area contributed by atoms with Gasteiger partial charge in [0.2, 0.25) is 3.79 Å². The standard InChI is InChI=1S/C16H25Cl3O8/c1-11(8-15(22)25-9-16(17,18)19)27-14(21)5-4-13(12(2)20)26-10-24-7-6-23-3/h4-5,11-13,20H,6-10H2,1-3H3/b5-4+/t11-,12-,13+/m0/s1. The molecule has 0 aliphatic carbocycles. The fourth-order valence-electron chi connectivity index (χ4n) is 1.59. The third-order valence-electron chi connectivity index (χ3n) is 2.84. The van der Waals surface area contributed by atoms with E-state index in [1.165, 1.54) is 19.9 Å². The molecule has 0 amide bonds. The molecule has 0 unspecified atom stereocenters. The van der Waals surface area contributed by atoms with E-state index in [-0.39, 0.29) is 13.2 Å². The van der Waals surface area contributed by atoms with Gasteiger partial charge in [0, 0.05) is 13.2 Å². The molecule has 158 valence electrons. The summed E-state index contributed by atoms with van der Waals surface area (Å²) in [6.45, 7) is 3.27. The van der Waals surface area contributed by atoms with Crippen LogP contribution in [0.1, 0.15) is 20.3 Å². The van der Waals surface area contributed by atoms with Gasteiger partial charge in [-0.3, -0.25) is 4.79 Å². The number of hydrogen-bond donors (Lipinski definition) is 1. The average molecular weight is 452 g/mol. The average Bonchev–Trinajstić information content (AvgIpc) is 2.54. The number of aliphatic hydroxyl groups is 1. The number of esters is 2. The van der Waals surface area contributed by atoms with E-state index < -0.39 is 40.6 Å². The highest BCUT2D eigenvalue weighted by Crippen LogP contribution is 2.26. The van der Waals surface area contributed by atoms with E-state index in [1.807, 2.05) is 0 Å². The van der Waals surface area contributed by atoms with Crippen LogP contribution in [-0.2, 0) is 33.3 Å². The minimum Gasteiger partial charge on any atom is -0.461 e. The topological polar surface area (TPSA) is 101 Å². The Balaban J connectivity index is 4.27. The molecule has 1 N–H and O–H groups in total. The van der Waals surface area contributed by atoms with Crippen LogP contribution >= 0.6 is 34.8 Å². The Kier molecular flexibility index (Phi) is 14.1. The first-order valence-corrected chi connectivity index (χ1v) is 9.16. The van der Waals surface area contributed by atoms with Gasteiger partial charge >= 0.3 is 11.9 Å². The SMILES string of the molecule is COCCOCO[C@H](/C=C/C(=O)O[C@@H](C)CC(=O)OCC(Cl)(Cl)Cl)[C@H](C)O. The molecule has 0 aromatic heterocycles. The van der Waals surface area contributed by atoms with Crippen LogP contribution in [0.2, 0.25) is 0 Å². The summed E-state index contributed by atoms with van der Waals surface area (Å²) in [7, 11) is 1.54. The van der Waals surface area contributed by atoms with E-state index in [2.05, 4.69) is 0 Å². The van der Waals surface area contributed by atoms with Crippen LogP contribution in [0.25, 0.3) is 0 Å². The first-order chi connectivity index (χ1) is 12.5. The Bertz CT molecular complexity index is 465. The van der Waals surface area contributed by atoms with E-state index >= 15 is 0 Å². The molecule has 0 bridgehead atoms. The van der Waals surface area contributed by atoms with Crippen molar-refractivity contribution in [2.24, 2.45) is 0 Å². The van der Waals surface area contributed by atoms with Gasteiger partial charge in [0.1, 0.15) is 25.6 Å². The van der Waals surface area contributed by atoms with Gasteiger partial charge in [0.05, 0.1) is 25.7 Å². The number of carbonyl (C=O) groups is 2. The Morgan fingerprint density at radius 1 is 1.19 bits per heavy atom. The second-order valence-corrected chi connectivity index (χ2v) is 7.99. The first-order valence-electron chi connectivity index (χ1n) is 8.02. The van der Waals surface area contributed by atoms with Crippen molar-refractivity contribution in [3.05, 3.63) is 12.2 Å². The predicted molar refractivity (Wildman–Crippen MR) is 99.8 cm³/mol. The molecule has 8 nitrogen and oxygen atoms in total. The summed E-state index contributed by atoms with van der Waals surface area (Å²) < 4.78 is 23.3. The van der Waals surface area contributed by atoms with E-state index in [1.54, 1.807) is 7.11 Å². The molecule has 0 saturated heterocycles. The van der Waals surface area contributed by atoms with E-state index in [4.69, 9.17) is 58.5 Å². The highest BCUT2D eigenvalue weighted by molar-refractivity contribution is 6.67. The lowest BCUT2D eigenvalue weighted by Crippen LogP contribution is -2.26. The second-order valence-electron chi connectivity index (χ2n) is 5.48. The van der Waals surface area contributed by atoms with Crippen molar-refractivity contribution in [3.63, 3.8) is 0 Å². The van der Waals surface area contributed by atoms with Gasteiger partial charge in [0.15, 0.2) is 0 Å². The van der Waals surface area contributed by atoms with E-state index in [0.717, 1.165) is 6.08 Å². The van der Waals surface area contributed by atoms with Crippen LogP contribution in [0.4, 0.5) is 0 Å². The molecule has 0 fully saturated rings. The van der Waals surface area contributed by atoms with Gasteiger partial charge in [-0.05, 0) is 19.9 Å². The van der Waals surface area contributed by atoms with Crippen LogP contribution in [0.3, 0.4) is 0 Å². The summed E-state index contributed by atoms with van der Waals surface area (Å²) >= 11 is 16.4. The maximum Gasteiger partial charge on any atom is 0.330 e. The third-order valence-corrected chi connectivity index (χ3v) is 3.17. The molecule has 3 atom stereocenters. The fraction of sp³-hybridized carbons (Fsp3) is 0.750. The molecule has 0 rings (SSSR count). The number of carbonyl (C=O) groups excluding carboxylic acids is 2. The number of methoxy groups -OCH3 is 1. The monoisotopic (exact) mass is 450 g/mol. The number of aliphatic hydroxyl groups excluding tert-OH is 1. The van der Waals surface area contributed by atoms with Crippen molar-refractivity contribution < 1.29 is 38.4 Å². The number of alkyl halides is 3. The zero-order valence-electron chi connectivity index (χ0n) is 15.4. The van der Waals surface area contributed by atoms with Gasteiger partial charge in [-0.15, -0.1) is 0 Å². The molecule has 0 radical (unpaired) electrons. The number of rotatable bonds is 13. The van der Waals surface area contributed by atoms with Gasteiger partial charge in [0.25, 0.3) is 0 Å². The van der Waals surface area contributed by atoms with Crippen molar-refractivity contribution in [2.45, 2.75) is 42.4 Å². The van der Waals surface area contributed by atoms with Crippen molar-refractivity contribution in [2.75, 3.05) is 33.7 Å². The van der Waals surface area contributed by atoms with Crippen molar-refractivity contribution in [1.29, 1.82) is 0 Å². The summed E-state index contributed by atoms with van der Waals surface area (Å²) in [5.41, 5.74) is 0. The Morgan fingerprint density at radius 2 is 1.85 bits per heavy atom. The predicted octanol–water partition coefficient (Wildman–Crippen LogP) is 2.16. The minimum absolute atomic E-state index is 0.0796. The highest BCUT2D eigenvalue weighted by atomic mass is 35.6. The fourth-order valence-corrected chi connectivity index (χ4v) is 1.76. The van der Waals surface area contributed by atoms with Crippen LogP contribution < -0.4 is 0 Å². The quantitative estimate of drug-likeness (QED) is 0.149. The maximum absolute atomic E-state index is 11.8. The largest absolute Gasteiger partial charge is 0.461 e. The third kappa shape index (κ3) is 16.1. The molecule has 0 saturated carbocycles. The number of ether oxygens (including phenoxy) is 5. The smallest absolute Gasteiger partial charge is 0.330 e. The van der Waals surface area contributed by atoms with Gasteiger partial charge in [-0.2, -0.15) is 0 Å². The molecule has 0 aromatic carbocycles. The Labute approximate surface area is 173 Å². The minimum atomic E-state index is -1.71. The second kappa shape index (κ2) is 14.4. The Hall–Kier alpha value is -0.610. The van der Waals surface area contributed by atoms with E-state index in [0.29, 0.717) is 13.2 Å². The lowest BCUT2D eigenvalue weighted by molar-refractivity contribution is -0.151. The molecule has 0 aromatic rings. The number of halogens is 3. The lowest BCUT2D eigenvalue weighted by Gasteiger charge is -2.17. The summed E-state index contributed by atoms with van der Waals surface area (Å²) in [6.07, 6.45) is -0.187.